The molecule has 0 bridgehead atoms. The molecule has 0 aliphatic carbocycles. The van der Waals surface area contributed by atoms with E-state index < -0.39 is 0 Å². The highest BCUT2D eigenvalue weighted by Gasteiger charge is 2.17. The summed E-state index contributed by atoms with van der Waals surface area (Å²) in [7, 11) is 0. The molecule has 2 nitrogen and oxygen atoms in total. The van der Waals surface area contributed by atoms with Crippen molar-refractivity contribution < 1.29 is 9.53 Å². The number of fused-ring (bicyclic) bond motifs is 1. The van der Waals surface area contributed by atoms with Gasteiger partial charge in [-0.15, -0.1) is 23.1 Å². The molecular weight excluding hydrogens is 371 g/mol. The summed E-state index contributed by atoms with van der Waals surface area (Å²) in [6.07, 6.45) is 0. The van der Waals surface area contributed by atoms with Crippen LogP contribution in [0.25, 0.3) is 10.1 Å². The average Bonchev–Trinajstić information content (AvgIpc) is 2.90. The largest absolute Gasteiger partial charge is 0.461 e. The molecule has 1 heterocycles. The summed E-state index contributed by atoms with van der Waals surface area (Å²) in [6, 6.07) is 15.2. The SMILES string of the molecule is O=C(OCCSc1ccc(Cl)cc1)c1sc2ccccc2c1Cl. The van der Waals surface area contributed by atoms with Crippen LogP contribution in [-0.2, 0) is 4.74 Å². The first-order chi connectivity index (χ1) is 11.1. The Balaban J connectivity index is 1.56. The Hall–Kier alpha value is -1.20. The van der Waals surface area contributed by atoms with E-state index in [2.05, 4.69) is 0 Å². The number of esters is 1. The molecule has 0 fully saturated rings. The highest BCUT2D eigenvalue weighted by atomic mass is 35.5. The Morgan fingerprint density at radius 3 is 2.57 bits per heavy atom. The van der Waals surface area contributed by atoms with E-state index in [-0.39, 0.29) is 5.97 Å². The molecule has 3 rings (SSSR count). The summed E-state index contributed by atoms with van der Waals surface area (Å²) in [5, 5.41) is 2.07. The molecule has 0 aliphatic rings. The second-order valence-corrected chi connectivity index (χ2v) is 7.71. The van der Waals surface area contributed by atoms with E-state index in [4.69, 9.17) is 27.9 Å². The number of hydrogen-bond acceptors (Lipinski definition) is 4. The minimum atomic E-state index is -0.368. The minimum absolute atomic E-state index is 0.330. The van der Waals surface area contributed by atoms with Crippen LogP contribution in [0.5, 0.6) is 0 Å². The van der Waals surface area contributed by atoms with Gasteiger partial charge in [0.05, 0.1) is 5.02 Å². The van der Waals surface area contributed by atoms with Crippen molar-refractivity contribution in [2.45, 2.75) is 4.90 Å². The third kappa shape index (κ3) is 4.01. The molecule has 0 saturated heterocycles. The molecule has 0 atom stereocenters. The molecule has 0 saturated carbocycles. The average molecular weight is 383 g/mol. The van der Waals surface area contributed by atoms with Gasteiger partial charge in [-0.25, -0.2) is 4.79 Å². The predicted molar refractivity (Wildman–Crippen MR) is 99.3 cm³/mol. The van der Waals surface area contributed by atoms with Crippen molar-refractivity contribution in [1.29, 1.82) is 0 Å². The third-order valence-electron chi connectivity index (χ3n) is 3.12. The topological polar surface area (TPSA) is 26.3 Å². The van der Waals surface area contributed by atoms with Crippen LogP contribution in [0.3, 0.4) is 0 Å². The van der Waals surface area contributed by atoms with Crippen LogP contribution in [0.1, 0.15) is 9.67 Å². The molecule has 3 aromatic rings. The lowest BCUT2D eigenvalue weighted by Gasteiger charge is -2.04. The second-order valence-electron chi connectivity index (χ2n) is 4.68. The molecule has 23 heavy (non-hydrogen) atoms. The summed E-state index contributed by atoms with van der Waals surface area (Å²) in [6.45, 7) is 0.330. The van der Waals surface area contributed by atoms with E-state index in [1.54, 1.807) is 11.8 Å². The zero-order valence-electron chi connectivity index (χ0n) is 11.9. The number of benzene rings is 2. The summed E-state index contributed by atoms with van der Waals surface area (Å²) in [4.78, 5) is 13.7. The molecule has 2 aromatic carbocycles. The lowest BCUT2D eigenvalue weighted by atomic mass is 10.2. The summed E-state index contributed by atoms with van der Waals surface area (Å²) >= 11 is 15.1. The van der Waals surface area contributed by atoms with Crippen LogP contribution in [0.4, 0.5) is 0 Å². The molecular formula is C17H12Cl2O2S2. The number of thioether (sulfide) groups is 1. The molecule has 0 N–H and O–H groups in total. The van der Waals surface area contributed by atoms with Crippen molar-refractivity contribution in [3.8, 4) is 0 Å². The second kappa shape index (κ2) is 7.58. The number of rotatable bonds is 5. The van der Waals surface area contributed by atoms with E-state index >= 15 is 0 Å². The predicted octanol–water partition coefficient (Wildman–Crippen LogP) is 6.16. The van der Waals surface area contributed by atoms with E-state index in [1.165, 1.54) is 11.3 Å². The van der Waals surface area contributed by atoms with Crippen molar-refractivity contribution in [3.05, 3.63) is 63.5 Å². The molecule has 0 radical (unpaired) electrons. The fourth-order valence-electron chi connectivity index (χ4n) is 2.04. The standard InChI is InChI=1S/C17H12Cl2O2S2/c18-11-5-7-12(8-6-11)22-10-9-21-17(20)16-15(19)13-3-1-2-4-14(13)23-16/h1-8H,9-10H2. The van der Waals surface area contributed by atoms with Crippen LogP contribution in [-0.4, -0.2) is 18.3 Å². The Morgan fingerprint density at radius 2 is 1.83 bits per heavy atom. The zero-order valence-corrected chi connectivity index (χ0v) is 15.1. The van der Waals surface area contributed by atoms with Gasteiger partial charge in [0.2, 0.25) is 0 Å². The smallest absolute Gasteiger partial charge is 0.349 e. The first-order valence-electron chi connectivity index (χ1n) is 6.87. The lowest BCUT2D eigenvalue weighted by Crippen LogP contribution is -2.06. The number of carbonyl (C=O) groups is 1. The molecule has 0 unspecified atom stereocenters. The van der Waals surface area contributed by atoms with E-state index in [1.807, 2.05) is 48.5 Å². The van der Waals surface area contributed by atoms with Crippen LogP contribution >= 0.6 is 46.3 Å². The van der Waals surface area contributed by atoms with Gasteiger partial charge >= 0.3 is 5.97 Å². The Kier molecular flexibility index (Phi) is 5.49. The quantitative estimate of drug-likeness (QED) is 0.300. The normalized spacial score (nSPS) is 10.9. The van der Waals surface area contributed by atoms with Gasteiger partial charge in [-0.1, -0.05) is 41.4 Å². The first-order valence-corrected chi connectivity index (χ1v) is 9.43. The maximum Gasteiger partial charge on any atom is 0.349 e. The van der Waals surface area contributed by atoms with Gasteiger partial charge < -0.3 is 4.74 Å². The first kappa shape index (κ1) is 16.7. The highest BCUT2D eigenvalue weighted by molar-refractivity contribution is 7.99. The minimum Gasteiger partial charge on any atom is -0.461 e. The monoisotopic (exact) mass is 382 g/mol. The fourth-order valence-corrected chi connectivity index (χ4v) is 4.29. The van der Waals surface area contributed by atoms with Crippen LogP contribution in [0, 0.1) is 0 Å². The van der Waals surface area contributed by atoms with Crippen molar-refractivity contribution in [3.63, 3.8) is 0 Å². The fraction of sp³-hybridized carbons (Fsp3) is 0.118. The number of halogens is 2. The van der Waals surface area contributed by atoms with Gasteiger partial charge in [0.15, 0.2) is 0 Å². The van der Waals surface area contributed by atoms with Gasteiger partial charge in [0.1, 0.15) is 11.5 Å². The number of hydrogen-bond donors (Lipinski definition) is 0. The van der Waals surface area contributed by atoms with Crippen LogP contribution < -0.4 is 0 Å². The summed E-state index contributed by atoms with van der Waals surface area (Å²) in [5.74, 6) is 0.309. The maximum atomic E-state index is 12.2. The van der Waals surface area contributed by atoms with E-state index in [0.29, 0.717) is 27.3 Å². The summed E-state index contributed by atoms with van der Waals surface area (Å²) in [5.41, 5.74) is 0. The number of thiophene rings is 1. The third-order valence-corrected chi connectivity index (χ3v) is 6.00. The van der Waals surface area contributed by atoms with Crippen LogP contribution in [0.2, 0.25) is 10.0 Å². The van der Waals surface area contributed by atoms with Gasteiger partial charge in [-0.2, -0.15) is 0 Å². The zero-order chi connectivity index (χ0) is 16.2. The highest BCUT2D eigenvalue weighted by Crippen LogP contribution is 2.35. The molecule has 0 amide bonds. The van der Waals surface area contributed by atoms with Gasteiger partial charge in [0.25, 0.3) is 0 Å². The van der Waals surface area contributed by atoms with E-state index in [9.17, 15) is 4.79 Å². The van der Waals surface area contributed by atoms with Crippen molar-refractivity contribution >= 4 is 62.4 Å². The van der Waals surface area contributed by atoms with Crippen molar-refractivity contribution in [1.82, 2.24) is 0 Å². The van der Waals surface area contributed by atoms with Gasteiger partial charge in [-0.05, 0) is 30.3 Å². The summed E-state index contributed by atoms with van der Waals surface area (Å²) < 4.78 is 6.31. The number of carbonyl (C=O) groups excluding carboxylic acids is 1. The molecule has 0 aliphatic heterocycles. The molecule has 118 valence electrons. The van der Waals surface area contributed by atoms with Crippen LogP contribution in [0.15, 0.2) is 53.4 Å². The molecule has 1 aromatic heterocycles. The van der Waals surface area contributed by atoms with Gasteiger partial charge in [0, 0.05) is 25.8 Å². The van der Waals surface area contributed by atoms with Gasteiger partial charge in [-0.3, -0.25) is 0 Å². The Labute approximate surface area is 152 Å². The molecule has 0 spiro atoms. The van der Waals surface area contributed by atoms with E-state index in [0.717, 1.165) is 15.0 Å². The Morgan fingerprint density at radius 1 is 1.09 bits per heavy atom. The van der Waals surface area contributed by atoms with Crippen molar-refractivity contribution in [2.24, 2.45) is 0 Å². The number of ether oxygens (including phenoxy) is 1. The maximum absolute atomic E-state index is 12.2. The lowest BCUT2D eigenvalue weighted by molar-refractivity contribution is 0.0536. The molecule has 6 heteroatoms. The van der Waals surface area contributed by atoms with Crippen molar-refractivity contribution in [2.75, 3.05) is 12.4 Å². The Bertz CT molecular complexity index is 828.